The van der Waals surface area contributed by atoms with Crippen molar-refractivity contribution in [2.24, 2.45) is 5.41 Å². The van der Waals surface area contributed by atoms with Gasteiger partial charge in [-0.3, -0.25) is 14.9 Å². The van der Waals surface area contributed by atoms with Crippen molar-refractivity contribution in [1.82, 2.24) is 20.2 Å². The van der Waals surface area contributed by atoms with Crippen molar-refractivity contribution in [2.45, 2.75) is 27.2 Å². The van der Waals surface area contributed by atoms with E-state index in [0.29, 0.717) is 12.1 Å². The molecule has 0 spiro atoms. The minimum absolute atomic E-state index is 0.0366. The van der Waals surface area contributed by atoms with E-state index >= 15 is 0 Å². The summed E-state index contributed by atoms with van der Waals surface area (Å²) in [6, 6.07) is 22.7. The maximum Gasteiger partial charge on any atom is 0.224 e. The van der Waals surface area contributed by atoms with Crippen LogP contribution in [0.4, 0.5) is 10.1 Å². The van der Waals surface area contributed by atoms with Gasteiger partial charge in [0.1, 0.15) is 11.5 Å². The average molecular weight is 518 g/mol. The van der Waals surface area contributed by atoms with E-state index in [2.05, 4.69) is 37.6 Å². The van der Waals surface area contributed by atoms with Gasteiger partial charge in [0, 0.05) is 34.5 Å². The standard InChI is InChI=1S/C32H28FN5O/c1-32(2,3)16-30(39)35-23-13-21(17-34-18-23)19-10-11-28-26(14-19)31(38-37-28)29-15-25-24(8-5-9-27(25)36-29)20-6-4-7-22(33)12-20/h4-15,17-18,36H,16H2,1-3H3,(H,35,39)(H,37,38). The molecule has 6 nitrogen and oxygen atoms in total. The lowest BCUT2D eigenvalue weighted by atomic mass is 9.92. The summed E-state index contributed by atoms with van der Waals surface area (Å²) >= 11 is 0. The predicted molar refractivity (Wildman–Crippen MR) is 155 cm³/mol. The van der Waals surface area contributed by atoms with E-state index in [1.807, 2.05) is 63.2 Å². The summed E-state index contributed by atoms with van der Waals surface area (Å²) in [6.07, 6.45) is 3.87. The molecule has 0 bridgehead atoms. The number of pyridine rings is 1. The van der Waals surface area contributed by atoms with Crippen LogP contribution in [0.2, 0.25) is 0 Å². The molecule has 0 aliphatic rings. The SMILES string of the molecule is CC(C)(C)CC(=O)Nc1cncc(-c2ccc3[nH]nc(-c4cc5c(-c6cccc(F)c6)cccc5[nH]4)c3c2)c1. The van der Waals surface area contributed by atoms with E-state index in [0.717, 1.165) is 55.4 Å². The number of amides is 1. The second-order valence-corrected chi connectivity index (χ2v) is 11.0. The largest absolute Gasteiger partial charge is 0.353 e. The number of H-pyrrole nitrogens is 2. The van der Waals surface area contributed by atoms with Crippen LogP contribution in [0, 0.1) is 11.2 Å². The number of fused-ring (bicyclic) bond motifs is 2. The molecule has 0 aliphatic carbocycles. The van der Waals surface area contributed by atoms with E-state index in [1.54, 1.807) is 24.5 Å². The van der Waals surface area contributed by atoms with E-state index in [9.17, 15) is 9.18 Å². The lowest BCUT2D eigenvalue weighted by Gasteiger charge is -2.17. The van der Waals surface area contributed by atoms with Crippen molar-refractivity contribution in [3.8, 4) is 33.6 Å². The Labute approximate surface area is 225 Å². The first-order valence-electron chi connectivity index (χ1n) is 12.8. The zero-order valence-electron chi connectivity index (χ0n) is 22.0. The van der Waals surface area contributed by atoms with Gasteiger partial charge in [0.05, 0.1) is 23.1 Å². The number of aromatic nitrogens is 4. The summed E-state index contributed by atoms with van der Waals surface area (Å²) in [5.74, 6) is -0.302. The highest BCUT2D eigenvalue weighted by Gasteiger charge is 2.17. The zero-order valence-corrected chi connectivity index (χ0v) is 22.0. The zero-order chi connectivity index (χ0) is 27.1. The normalized spacial score (nSPS) is 11.8. The number of aromatic amines is 2. The molecule has 194 valence electrons. The molecule has 0 atom stereocenters. The highest BCUT2D eigenvalue weighted by molar-refractivity contribution is 6.02. The van der Waals surface area contributed by atoms with Crippen LogP contribution in [0.3, 0.4) is 0 Å². The van der Waals surface area contributed by atoms with Gasteiger partial charge in [0.2, 0.25) is 5.91 Å². The van der Waals surface area contributed by atoms with Gasteiger partial charge in [-0.2, -0.15) is 5.10 Å². The van der Waals surface area contributed by atoms with Crippen molar-refractivity contribution in [1.29, 1.82) is 0 Å². The number of carbonyl (C=O) groups is 1. The number of carbonyl (C=O) groups excluding carboxylic acids is 1. The number of hydrogen-bond acceptors (Lipinski definition) is 3. The van der Waals surface area contributed by atoms with Crippen molar-refractivity contribution < 1.29 is 9.18 Å². The first-order chi connectivity index (χ1) is 18.7. The Morgan fingerprint density at radius 2 is 1.72 bits per heavy atom. The maximum absolute atomic E-state index is 13.9. The van der Waals surface area contributed by atoms with E-state index in [1.165, 1.54) is 6.07 Å². The molecular formula is C32H28FN5O. The minimum Gasteiger partial charge on any atom is -0.353 e. The number of hydrogen-bond donors (Lipinski definition) is 3. The fourth-order valence-corrected chi connectivity index (χ4v) is 4.94. The first-order valence-corrected chi connectivity index (χ1v) is 12.8. The van der Waals surface area contributed by atoms with E-state index in [-0.39, 0.29) is 17.1 Å². The molecule has 7 heteroatoms. The number of benzene rings is 3. The van der Waals surface area contributed by atoms with Crippen LogP contribution >= 0.6 is 0 Å². The third-order valence-electron chi connectivity index (χ3n) is 6.66. The molecular weight excluding hydrogens is 489 g/mol. The minimum atomic E-state index is -0.265. The number of halogens is 1. The van der Waals surface area contributed by atoms with Crippen LogP contribution in [-0.4, -0.2) is 26.1 Å². The smallest absolute Gasteiger partial charge is 0.224 e. The van der Waals surface area contributed by atoms with Gasteiger partial charge >= 0.3 is 0 Å². The third kappa shape index (κ3) is 5.03. The molecule has 0 aliphatic heterocycles. The molecule has 39 heavy (non-hydrogen) atoms. The van der Waals surface area contributed by atoms with Crippen molar-refractivity contribution >= 4 is 33.4 Å². The van der Waals surface area contributed by atoms with Gasteiger partial charge in [0.25, 0.3) is 0 Å². The van der Waals surface area contributed by atoms with Gasteiger partial charge in [-0.05, 0) is 64.6 Å². The lowest BCUT2D eigenvalue weighted by molar-refractivity contribution is -0.117. The molecule has 3 N–H and O–H groups in total. The van der Waals surface area contributed by atoms with Crippen LogP contribution in [0.5, 0.6) is 0 Å². The number of nitrogens with zero attached hydrogens (tertiary/aromatic N) is 2. The van der Waals surface area contributed by atoms with Crippen molar-refractivity contribution in [3.05, 3.63) is 91.0 Å². The Morgan fingerprint density at radius 3 is 2.54 bits per heavy atom. The quantitative estimate of drug-likeness (QED) is 0.217. The van der Waals surface area contributed by atoms with Gasteiger partial charge in [-0.15, -0.1) is 0 Å². The molecule has 0 saturated heterocycles. The summed E-state index contributed by atoms with van der Waals surface area (Å²) in [7, 11) is 0. The molecule has 3 aromatic carbocycles. The number of rotatable bonds is 5. The highest BCUT2D eigenvalue weighted by atomic mass is 19.1. The molecule has 0 radical (unpaired) electrons. The van der Waals surface area contributed by atoms with Gasteiger partial charge in [0.15, 0.2) is 0 Å². The second kappa shape index (κ2) is 9.51. The predicted octanol–water partition coefficient (Wildman–Crippen LogP) is 7.95. The highest BCUT2D eigenvalue weighted by Crippen LogP contribution is 2.35. The van der Waals surface area contributed by atoms with Gasteiger partial charge in [-0.25, -0.2) is 4.39 Å². The molecule has 3 heterocycles. The number of nitrogens with one attached hydrogen (secondary N) is 3. The van der Waals surface area contributed by atoms with Crippen LogP contribution in [0.15, 0.2) is 85.2 Å². The summed E-state index contributed by atoms with van der Waals surface area (Å²) in [5.41, 5.74) is 7.68. The first kappa shape index (κ1) is 24.6. The summed E-state index contributed by atoms with van der Waals surface area (Å²) in [6.45, 7) is 6.11. The molecule has 6 aromatic rings. The summed E-state index contributed by atoms with van der Waals surface area (Å²) < 4.78 is 13.9. The maximum atomic E-state index is 13.9. The van der Waals surface area contributed by atoms with Crippen molar-refractivity contribution in [2.75, 3.05) is 5.32 Å². The molecule has 6 rings (SSSR count). The average Bonchev–Trinajstić information content (AvgIpc) is 3.51. The van der Waals surface area contributed by atoms with E-state index < -0.39 is 0 Å². The van der Waals surface area contributed by atoms with Crippen LogP contribution in [-0.2, 0) is 4.79 Å². The Kier molecular flexibility index (Phi) is 5.99. The summed E-state index contributed by atoms with van der Waals surface area (Å²) in [5, 5.41) is 12.7. The Morgan fingerprint density at radius 1 is 0.872 bits per heavy atom. The monoisotopic (exact) mass is 517 g/mol. The number of anilines is 1. The molecule has 1 amide bonds. The molecule has 3 aromatic heterocycles. The Hall–Kier alpha value is -4.78. The van der Waals surface area contributed by atoms with Crippen LogP contribution < -0.4 is 5.32 Å². The molecule has 0 saturated carbocycles. The van der Waals surface area contributed by atoms with Gasteiger partial charge in [-0.1, -0.05) is 51.1 Å². The summed E-state index contributed by atoms with van der Waals surface area (Å²) in [4.78, 5) is 20.3. The van der Waals surface area contributed by atoms with Crippen LogP contribution in [0.25, 0.3) is 55.4 Å². The Balaban J connectivity index is 1.37. The fraction of sp³-hybridized carbons (Fsp3) is 0.156. The van der Waals surface area contributed by atoms with Crippen LogP contribution in [0.1, 0.15) is 27.2 Å². The Bertz CT molecular complexity index is 1840. The van der Waals surface area contributed by atoms with Gasteiger partial charge < -0.3 is 10.3 Å². The lowest BCUT2D eigenvalue weighted by Crippen LogP contribution is -2.19. The molecule has 0 unspecified atom stereocenters. The molecule has 0 fully saturated rings. The fourth-order valence-electron chi connectivity index (χ4n) is 4.94. The van der Waals surface area contributed by atoms with E-state index in [4.69, 9.17) is 0 Å². The second-order valence-electron chi connectivity index (χ2n) is 11.0. The topological polar surface area (TPSA) is 86.5 Å². The third-order valence-corrected chi connectivity index (χ3v) is 6.66. The van der Waals surface area contributed by atoms with Crippen molar-refractivity contribution in [3.63, 3.8) is 0 Å².